The van der Waals surface area contributed by atoms with Crippen LogP contribution in [-0.4, -0.2) is 56.7 Å². The molecule has 0 aromatic carbocycles. The first-order valence-electron chi connectivity index (χ1n) is 8.18. The van der Waals surface area contributed by atoms with E-state index in [9.17, 15) is 5.11 Å². The van der Waals surface area contributed by atoms with E-state index in [2.05, 4.69) is 21.0 Å². The summed E-state index contributed by atoms with van der Waals surface area (Å²) in [6.07, 6.45) is 9.28. The summed E-state index contributed by atoms with van der Waals surface area (Å²) < 4.78 is 7.51. The van der Waals surface area contributed by atoms with Crippen LogP contribution in [0.3, 0.4) is 0 Å². The number of aromatic nitrogens is 3. The van der Waals surface area contributed by atoms with Crippen molar-refractivity contribution in [1.82, 2.24) is 19.7 Å². The average Bonchev–Trinajstić information content (AvgIpc) is 3.22. The zero-order valence-corrected chi connectivity index (χ0v) is 13.3. The monoisotopic (exact) mass is 316 g/mol. The van der Waals surface area contributed by atoms with E-state index in [1.807, 2.05) is 24.5 Å². The van der Waals surface area contributed by atoms with Gasteiger partial charge in [0.15, 0.2) is 0 Å². The third-order valence-electron chi connectivity index (χ3n) is 4.04. The molecule has 0 saturated carbocycles. The molecule has 23 heavy (non-hydrogen) atoms. The number of pyridine rings is 1. The van der Waals surface area contributed by atoms with Gasteiger partial charge in [0, 0.05) is 51.0 Å². The van der Waals surface area contributed by atoms with Crippen molar-refractivity contribution in [2.75, 3.05) is 19.7 Å². The minimum Gasteiger partial charge on any atom is -0.390 e. The molecule has 0 spiro atoms. The molecule has 1 aliphatic heterocycles. The molecule has 0 aliphatic carbocycles. The quantitative estimate of drug-likeness (QED) is 0.796. The third kappa shape index (κ3) is 5.13. The largest absolute Gasteiger partial charge is 0.390 e. The maximum atomic E-state index is 10.4. The van der Waals surface area contributed by atoms with Crippen LogP contribution in [0.5, 0.6) is 0 Å². The lowest BCUT2D eigenvalue weighted by molar-refractivity contribution is 0.0409. The first-order chi connectivity index (χ1) is 11.3. The maximum Gasteiger partial charge on any atom is 0.0862 e. The van der Waals surface area contributed by atoms with Gasteiger partial charge in [0.05, 0.1) is 18.8 Å². The molecule has 1 saturated heterocycles. The highest BCUT2D eigenvalue weighted by molar-refractivity contribution is 5.08. The molecular weight excluding hydrogens is 292 g/mol. The molecule has 3 rings (SSSR count). The highest BCUT2D eigenvalue weighted by atomic mass is 16.5. The van der Waals surface area contributed by atoms with Gasteiger partial charge < -0.3 is 9.84 Å². The summed E-state index contributed by atoms with van der Waals surface area (Å²) in [6.45, 7) is 3.55. The Balaban J connectivity index is 1.59. The van der Waals surface area contributed by atoms with Gasteiger partial charge in [0.1, 0.15) is 0 Å². The lowest BCUT2D eigenvalue weighted by atomic mass is 10.2. The smallest absolute Gasteiger partial charge is 0.0862 e. The Morgan fingerprint density at radius 2 is 2.35 bits per heavy atom. The standard InChI is InChI=1S/C17H24N4O2/c22-16(13-21-8-3-7-19-21)12-20(14-17-5-2-9-23-17)11-15-4-1-6-18-10-15/h1,3-4,6-8,10,16-17,22H,2,5,9,11-14H2. The lowest BCUT2D eigenvalue weighted by Gasteiger charge is -2.27. The van der Waals surface area contributed by atoms with Crippen LogP contribution in [0.25, 0.3) is 0 Å². The van der Waals surface area contributed by atoms with Gasteiger partial charge in [-0.2, -0.15) is 5.10 Å². The molecule has 3 heterocycles. The van der Waals surface area contributed by atoms with Crippen molar-refractivity contribution in [1.29, 1.82) is 0 Å². The Morgan fingerprint density at radius 3 is 3.04 bits per heavy atom. The van der Waals surface area contributed by atoms with Gasteiger partial charge in [-0.1, -0.05) is 6.07 Å². The number of aliphatic hydroxyl groups excluding tert-OH is 1. The summed E-state index contributed by atoms with van der Waals surface area (Å²) >= 11 is 0. The molecule has 1 fully saturated rings. The van der Waals surface area contributed by atoms with Crippen LogP contribution in [0.4, 0.5) is 0 Å². The Morgan fingerprint density at radius 1 is 1.39 bits per heavy atom. The van der Waals surface area contributed by atoms with Crippen LogP contribution in [0.15, 0.2) is 43.0 Å². The summed E-state index contributed by atoms with van der Waals surface area (Å²) in [5, 5.41) is 14.5. The van der Waals surface area contributed by atoms with E-state index in [4.69, 9.17) is 4.74 Å². The van der Waals surface area contributed by atoms with E-state index in [0.29, 0.717) is 13.1 Å². The van der Waals surface area contributed by atoms with E-state index in [1.165, 1.54) is 0 Å². The maximum absolute atomic E-state index is 10.4. The molecule has 124 valence electrons. The first-order valence-corrected chi connectivity index (χ1v) is 8.18. The predicted octanol–water partition coefficient (Wildman–Crippen LogP) is 1.32. The number of hydrogen-bond acceptors (Lipinski definition) is 5. The summed E-state index contributed by atoms with van der Waals surface area (Å²) in [4.78, 5) is 6.43. The third-order valence-corrected chi connectivity index (χ3v) is 4.04. The van der Waals surface area contributed by atoms with Crippen molar-refractivity contribution >= 4 is 0 Å². The fraction of sp³-hybridized carbons (Fsp3) is 0.529. The Bertz CT molecular complexity index is 555. The second kappa shape index (κ2) is 8.19. The zero-order valence-electron chi connectivity index (χ0n) is 13.3. The van der Waals surface area contributed by atoms with Gasteiger partial charge in [0.2, 0.25) is 0 Å². The molecule has 1 N–H and O–H groups in total. The van der Waals surface area contributed by atoms with Crippen molar-refractivity contribution < 1.29 is 9.84 Å². The van der Waals surface area contributed by atoms with Crippen molar-refractivity contribution in [3.63, 3.8) is 0 Å². The predicted molar refractivity (Wildman–Crippen MR) is 86.7 cm³/mol. The SMILES string of the molecule is OC(CN(Cc1cccnc1)CC1CCCO1)Cn1cccn1. The molecule has 2 aromatic heterocycles. The van der Waals surface area contributed by atoms with Crippen LogP contribution in [0.2, 0.25) is 0 Å². The van der Waals surface area contributed by atoms with Gasteiger partial charge in [0.25, 0.3) is 0 Å². The van der Waals surface area contributed by atoms with E-state index in [1.54, 1.807) is 17.1 Å². The number of nitrogens with zero attached hydrogens (tertiary/aromatic N) is 4. The van der Waals surface area contributed by atoms with Crippen molar-refractivity contribution in [3.05, 3.63) is 48.5 Å². The molecular formula is C17H24N4O2. The fourth-order valence-electron chi connectivity index (χ4n) is 3.01. The van der Waals surface area contributed by atoms with E-state index in [-0.39, 0.29) is 6.10 Å². The van der Waals surface area contributed by atoms with Crippen molar-refractivity contribution in [2.45, 2.75) is 38.1 Å². The van der Waals surface area contributed by atoms with Gasteiger partial charge in [-0.3, -0.25) is 14.6 Å². The van der Waals surface area contributed by atoms with Gasteiger partial charge in [-0.05, 0) is 30.5 Å². The second-order valence-electron chi connectivity index (χ2n) is 6.07. The Hall–Kier alpha value is -1.76. The van der Waals surface area contributed by atoms with Crippen LogP contribution >= 0.6 is 0 Å². The minimum absolute atomic E-state index is 0.267. The van der Waals surface area contributed by atoms with Gasteiger partial charge in [-0.25, -0.2) is 0 Å². The molecule has 6 heteroatoms. The second-order valence-corrected chi connectivity index (χ2v) is 6.07. The molecule has 2 unspecified atom stereocenters. The average molecular weight is 316 g/mol. The van der Waals surface area contributed by atoms with Crippen LogP contribution < -0.4 is 0 Å². The van der Waals surface area contributed by atoms with Crippen molar-refractivity contribution in [2.24, 2.45) is 0 Å². The zero-order chi connectivity index (χ0) is 15.9. The van der Waals surface area contributed by atoms with Crippen LogP contribution in [0.1, 0.15) is 18.4 Å². The summed E-state index contributed by atoms with van der Waals surface area (Å²) in [6, 6.07) is 5.88. The number of aliphatic hydroxyl groups is 1. The molecule has 0 bridgehead atoms. The van der Waals surface area contributed by atoms with E-state index >= 15 is 0 Å². The van der Waals surface area contributed by atoms with E-state index in [0.717, 1.165) is 38.1 Å². The highest BCUT2D eigenvalue weighted by Gasteiger charge is 2.21. The normalized spacial score (nSPS) is 19.3. The molecule has 0 radical (unpaired) electrons. The number of rotatable bonds is 8. The van der Waals surface area contributed by atoms with Crippen molar-refractivity contribution in [3.8, 4) is 0 Å². The first kappa shape index (κ1) is 16.1. The number of hydrogen-bond donors (Lipinski definition) is 1. The molecule has 6 nitrogen and oxygen atoms in total. The molecule has 0 amide bonds. The lowest BCUT2D eigenvalue weighted by Crippen LogP contribution is -2.39. The molecule has 1 aliphatic rings. The molecule has 2 atom stereocenters. The summed E-state index contributed by atoms with van der Waals surface area (Å²) in [7, 11) is 0. The summed E-state index contributed by atoms with van der Waals surface area (Å²) in [5.74, 6) is 0. The highest BCUT2D eigenvalue weighted by Crippen LogP contribution is 2.15. The minimum atomic E-state index is -0.465. The van der Waals surface area contributed by atoms with Crippen LogP contribution in [0, 0.1) is 0 Å². The van der Waals surface area contributed by atoms with Gasteiger partial charge >= 0.3 is 0 Å². The summed E-state index contributed by atoms with van der Waals surface area (Å²) in [5.41, 5.74) is 1.15. The fourth-order valence-corrected chi connectivity index (χ4v) is 3.01. The topological polar surface area (TPSA) is 63.4 Å². The Labute approximate surface area is 136 Å². The van der Waals surface area contributed by atoms with Gasteiger partial charge in [-0.15, -0.1) is 0 Å². The van der Waals surface area contributed by atoms with Crippen LogP contribution in [-0.2, 0) is 17.8 Å². The molecule has 2 aromatic rings. The van der Waals surface area contributed by atoms with E-state index < -0.39 is 6.10 Å². The Kier molecular flexibility index (Phi) is 5.74. The number of ether oxygens (including phenoxy) is 1.